The number of nitrogens with zero attached hydrogens (tertiary/aromatic N) is 1. The lowest BCUT2D eigenvalue weighted by atomic mass is 10.0. The van der Waals surface area contributed by atoms with Gasteiger partial charge in [0.05, 0.1) is 12.7 Å². The van der Waals surface area contributed by atoms with Crippen LogP contribution in [-0.2, 0) is 4.74 Å². The molecule has 3 nitrogen and oxygen atoms in total. The molecule has 0 aliphatic carbocycles. The molecule has 0 aromatic heterocycles. The lowest BCUT2D eigenvalue weighted by molar-refractivity contribution is -0.0479. The van der Waals surface area contributed by atoms with Crippen molar-refractivity contribution in [2.45, 2.75) is 51.3 Å². The second-order valence-electron chi connectivity index (χ2n) is 6.53. The van der Waals surface area contributed by atoms with Gasteiger partial charge in [0.25, 0.3) is 0 Å². The molecule has 2 aliphatic rings. The highest BCUT2D eigenvalue weighted by Gasteiger charge is 2.32. The Morgan fingerprint density at radius 2 is 2.14 bits per heavy atom. The summed E-state index contributed by atoms with van der Waals surface area (Å²) in [5.74, 6) is 0. The van der Waals surface area contributed by atoms with Gasteiger partial charge in [0.15, 0.2) is 0 Å². The van der Waals surface area contributed by atoms with Crippen molar-refractivity contribution in [2.24, 2.45) is 0 Å². The van der Waals surface area contributed by atoms with E-state index < -0.39 is 0 Å². The summed E-state index contributed by atoms with van der Waals surface area (Å²) < 4.78 is 6.04. The van der Waals surface area contributed by atoms with E-state index >= 15 is 0 Å². The van der Waals surface area contributed by atoms with Gasteiger partial charge in [0.2, 0.25) is 0 Å². The maximum absolute atomic E-state index is 6.04. The third-order valence-electron chi connectivity index (χ3n) is 4.94. The molecule has 0 saturated carbocycles. The predicted molar refractivity (Wildman–Crippen MR) is 86.5 cm³/mol. The average molecular weight is 288 g/mol. The first-order valence-electron chi connectivity index (χ1n) is 8.42. The second kappa shape index (κ2) is 6.91. The van der Waals surface area contributed by atoms with Gasteiger partial charge in [-0.3, -0.25) is 4.90 Å². The fourth-order valence-electron chi connectivity index (χ4n) is 3.58. The molecule has 3 heteroatoms. The zero-order valence-electron chi connectivity index (χ0n) is 13.3. The fraction of sp³-hybridized carbons (Fsp3) is 0.667. The van der Waals surface area contributed by atoms with Gasteiger partial charge in [-0.2, -0.15) is 0 Å². The molecule has 1 aromatic carbocycles. The Kier molecular flexibility index (Phi) is 4.94. The number of nitrogens with one attached hydrogen (secondary N) is 1. The molecule has 116 valence electrons. The van der Waals surface area contributed by atoms with Gasteiger partial charge in [-0.15, -0.1) is 0 Å². The van der Waals surface area contributed by atoms with Crippen molar-refractivity contribution in [1.29, 1.82) is 0 Å². The van der Waals surface area contributed by atoms with Crippen molar-refractivity contribution in [3.63, 3.8) is 0 Å². The lowest BCUT2D eigenvalue weighted by Gasteiger charge is -2.36. The molecule has 3 unspecified atom stereocenters. The van der Waals surface area contributed by atoms with Crippen LogP contribution in [-0.4, -0.2) is 43.3 Å². The summed E-state index contributed by atoms with van der Waals surface area (Å²) in [5, 5.41) is 3.70. The number of fused-ring (bicyclic) bond motifs is 1. The quantitative estimate of drug-likeness (QED) is 0.901. The normalized spacial score (nSPS) is 27.5. The molecular weight excluding hydrogens is 260 g/mol. The van der Waals surface area contributed by atoms with Crippen molar-refractivity contribution < 1.29 is 4.74 Å². The average Bonchev–Trinajstić information content (AvgIpc) is 2.97. The molecular formula is C18H28N2O. The number of aryl methyl sites for hydroxylation is 1. The Balaban J connectivity index is 1.52. The Bertz CT molecular complexity index is 445. The number of morpholine rings is 1. The molecule has 2 fully saturated rings. The number of ether oxygens (including phenoxy) is 1. The third-order valence-corrected chi connectivity index (χ3v) is 4.94. The first-order chi connectivity index (χ1) is 10.3. The largest absolute Gasteiger partial charge is 0.374 e. The van der Waals surface area contributed by atoms with E-state index in [0.717, 1.165) is 26.1 Å². The summed E-state index contributed by atoms with van der Waals surface area (Å²) in [6.07, 6.45) is 4.12. The summed E-state index contributed by atoms with van der Waals surface area (Å²) in [7, 11) is 0. The van der Waals surface area contributed by atoms with Crippen LogP contribution in [0.5, 0.6) is 0 Å². The van der Waals surface area contributed by atoms with Crippen LogP contribution >= 0.6 is 0 Å². The van der Waals surface area contributed by atoms with Crippen LogP contribution in [0.15, 0.2) is 24.3 Å². The van der Waals surface area contributed by atoms with Crippen LogP contribution in [0.25, 0.3) is 0 Å². The summed E-state index contributed by atoms with van der Waals surface area (Å²) in [4.78, 5) is 2.61. The number of rotatable bonds is 5. The van der Waals surface area contributed by atoms with Gasteiger partial charge in [-0.1, -0.05) is 36.8 Å². The van der Waals surface area contributed by atoms with Crippen molar-refractivity contribution in [3.05, 3.63) is 35.4 Å². The molecule has 2 saturated heterocycles. The molecule has 0 bridgehead atoms. The molecule has 0 radical (unpaired) electrons. The SMILES string of the molecule is CCC(NCC1CN2CCCC2CO1)c1ccc(C)cc1. The number of benzene rings is 1. The second-order valence-corrected chi connectivity index (χ2v) is 6.53. The van der Waals surface area contributed by atoms with Crippen LogP contribution in [0.4, 0.5) is 0 Å². The molecule has 0 amide bonds. The van der Waals surface area contributed by atoms with Crippen molar-refractivity contribution >= 4 is 0 Å². The highest BCUT2D eigenvalue weighted by Crippen LogP contribution is 2.23. The first-order valence-corrected chi connectivity index (χ1v) is 8.42. The molecule has 21 heavy (non-hydrogen) atoms. The van der Waals surface area contributed by atoms with E-state index in [9.17, 15) is 0 Å². The van der Waals surface area contributed by atoms with E-state index in [1.54, 1.807) is 0 Å². The molecule has 3 rings (SSSR count). The zero-order valence-corrected chi connectivity index (χ0v) is 13.3. The maximum atomic E-state index is 6.04. The maximum Gasteiger partial charge on any atom is 0.0827 e. The summed E-state index contributed by atoms with van der Waals surface area (Å²) in [5.41, 5.74) is 2.71. The highest BCUT2D eigenvalue weighted by atomic mass is 16.5. The minimum Gasteiger partial charge on any atom is -0.374 e. The minimum atomic E-state index is 0.346. The van der Waals surface area contributed by atoms with Crippen LogP contribution in [0.3, 0.4) is 0 Å². The first kappa shape index (κ1) is 15.0. The smallest absolute Gasteiger partial charge is 0.0827 e. The predicted octanol–water partition coefficient (Wildman–Crippen LogP) is 2.90. The Hall–Kier alpha value is -0.900. The van der Waals surface area contributed by atoms with E-state index in [1.165, 1.54) is 30.5 Å². The van der Waals surface area contributed by atoms with Crippen molar-refractivity contribution in [2.75, 3.05) is 26.2 Å². The van der Waals surface area contributed by atoms with E-state index in [-0.39, 0.29) is 0 Å². The fourth-order valence-corrected chi connectivity index (χ4v) is 3.58. The van der Waals surface area contributed by atoms with Crippen LogP contribution in [0.1, 0.15) is 43.4 Å². The van der Waals surface area contributed by atoms with Crippen LogP contribution in [0, 0.1) is 6.92 Å². The minimum absolute atomic E-state index is 0.346. The summed E-state index contributed by atoms with van der Waals surface area (Å²) in [6, 6.07) is 10.0. The number of hydrogen-bond donors (Lipinski definition) is 1. The van der Waals surface area contributed by atoms with Crippen LogP contribution < -0.4 is 5.32 Å². The van der Waals surface area contributed by atoms with Gasteiger partial charge in [-0.25, -0.2) is 0 Å². The van der Waals surface area contributed by atoms with E-state index in [1.807, 2.05) is 0 Å². The van der Waals surface area contributed by atoms with E-state index in [2.05, 4.69) is 48.3 Å². The van der Waals surface area contributed by atoms with E-state index in [4.69, 9.17) is 4.74 Å². The topological polar surface area (TPSA) is 24.5 Å². The molecule has 3 atom stereocenters. The summed E-state index contributed by atoms with van der Waals surface area (Å²) >= 11 is 0. The Labute approximate surface area is 128 Å². The van der Waals surface area contributed by atoms with Crippen LogP contribution in [0.2, 0.25) is 0 Å². The molecule has 2 aliphatic heterocycles. The number of hydrogen-bond acceptors (Lipinski definition) is 3. The molecule has 0 spiro atoms. The van der Waals surface area contributed by atoms with E-state index in [0.29, 0.717) is 18.2 Å². The molecule has 2 heterocycles. The van der Waals surface area contributed by atoms with Crippen molar-refractivity contribution in [1.82, 2.24) is 10.2 Å². The Morgan fingerprint density at radius 3 is 2.90 bits per heavy atom. The molecule has 1 aromatic rings. The molecule has 1 N–H and O–H groups in total. The Morgan fingerprint density at radius 1 is 1.33 bits per heavy atom. The zero-order chi connectivity index (χ0) is 14.7. The lowest BCUT2D eigenvalue weighted by Crippen LogP contribution is -2.49. The van der Waals surface area contributed by atoms with Gasteiger partial charge in [0, 0.05) is 25.2 Å². The third kappa shape index (κ3) is 3.65. The summed E-state index contributed by atoms with van der Waals surface area (Å²) in [6.45, 7) is 8.63. The van der Waals surface area contributed by atoms with Gasteiger partial charge in [-0.05, 0) is 38.3 Å². The van der Waals surface area contributed by atoms with Crippen molar-refractivity contribution in [3.8, 4) is 0 Å². The van der Waals surface area contributed by atoms with Gasteiger partial charge in [0.1, 0.15) is 0 Å². The monoisotopic (exact) mass is 288 g/mol. The highest BCUT2D eigenvalue weighted by molar-refractivity contribution is 5.24. The standard InChI is InChI=1S/C18H28N2O/c1-3-18(15-8-6-14(2)7-9-15)19-11-17-12-20-10-4-5-16(20)13-21-17/h6-9,16-19H,3-5,10-13H2,1-2H3. The van der Waals surface area contributed by atoms with Gasteiger partial charge >= 0.3 is 0 Å². The van der Waals surface area contributed by atoms with Gasteiger partial charge < -0.3 is 10.1 Å².